The third-order valence-corrected chi connectivity index (χ3v) is 3.51. The molecule has 90 valence electrons. The highest BCUT2D eigenvalue weighted by Crippen LogP contribution is 2.21. The van der Waals surface area contributed by atoms with Gasteiger partial charge in [0.2, 0.25) is 0 Å². The highest BCUT2D eigenvalue weighted by Gasteiger charge is 2.10. The molecule has 0 bridgehead atoms. The van der Waals surface area contributed by atoms with Crippen LogP contribution in [0.1, 0.15) is 25.2 Å². The van der Waals surface area contributed by atoms with E-state index in [2.05, 4.69) is 52.9 Å². The predicted molar refractivity (Wildman–Crippen MR) is 71.2 cm³/mol. The maximum atomic E-state index is 4.26. The van der Waals surface area contributed by atoms with E-state index >= 15 is 0 Å². The van der Waals surface area contributed by atoms with Crippen molar-refractivity contribution < 1.29 is 0 Å². The Balaban J connectivity index is 2.15. The lowest BCUT2D eigenvalue weighted by molar-refractivity contribution is 0.747. The van der Waals surface area contributed by atoms with Crippen LogP contribution in [0.2, 0.25) is 0 Å². The van der Waals surface area contributed by atoms with Crippen molar-refractivity contribution in [3.05, 3.63) is 41.7 Å². The highest BCUT2D eigenvalue weighted by molar-refractivity contribution is 7.99. The van der Waals surface area contributed by atoms with Crippen molar-refractivity contribution in [1.29, 1.82) is 0 Å². The molecule has 0 fully saturated rings. The third-order valence-electron chi connectivity index (χ3n) is 2.47. The van der Waals surface area contributed by atoms with E-state index < -0.39 is 0 Å². The normalized spacial score (nSPS) is 11.1. The molecule has 0 radical (unpaired) electrons. The summed E-state index contributed by atoms with van der Waals surface area (Å²) in [7, 11) is 2.03. The quantitative estimate of drug-likeness (QED) is 0.778. The van der Waals surface area contributed by atoms with Gasteiger partial charge in [-0.25, -0.2) is 0 Å². The molecule has 17 heavy (non-hydrogen) atoms. The third kappa shape index (κ3) is 3.09. The fourth-order valence-electron chi connectivity index (χ4n) is 1.59. The average molecular weight is 247 g/mol. The Labute approximate surface area is 106 Å². The molecule has 1 aromatic heterocycles. The van der Waals surface area contributed by atoms with Crippen LogP contribution in [0.25, 0.3) is 0 Å². The molecular formula is C13H17N3S. The fraction of sp³-hybridized carbons (Fsp3) is 0.385. The first-order chi connectivity index (χ1) is 8.16. The standard InChI is InChI=1S/C13H17N3S/c1-10(2)17-13-15-14-12(16(13)3)9-11-7-5-4-6-8-11/h4-8,10H,9H2,1-3H3. The second kappa shape index (κ2) is 5.36. The molecule has 3 nitrogen and oxygen atoms in total. The van der Waals surface area contributed by atoms with Gasteiger partial charge >= 0.3 is 0 Å². The molecule has 0 atom stereocenters. The molecular weight excluding hydrogens is 230 g/mol. The molecule has 0 aliphatic carbocycles. The largest absolute Gasteiger partial charge is 0.309 e. The van der Waals surface area contributed by atoms with Gasteiger partial charge in [0.05, 0.1) is 0 Å². The molecule has 0 spiro atoms. The summed E-state index contributed by atoms with van der Waals surface area (Å²) in [6.07, 6.45) is 0.836. The van der Waals surface area contributed by atoms with Crippen molar-refractivity contribution >= 4 is 11.8 Å². The van der Waals surface area contributed by atoms with E-state index in [0.29, 0.717) is 5.25 Å². The van der Waals surface area contributed by atoms with Crippen molar-refractivity contribution in [2.45, 2.75) is 30.7 Å². The minimum atomic E-state index is 0.530. The molecule has 0 amide bonds. The SMILES string of the molecule is CC(C)Sc1nnc(Cc2ccccc2)n1C. The molecule has 1 aromatic carbocycles. The number of aromatic nitrogens is 3. The number of thioether (sulfide) groups is 1. The molecule has 4 heteroatoms. The Morgan fingerprint density at radius 3 is 2.53 bits per heavy atom. The van der Waals surface area contributed by atoms with E-state index in [1.165, 1.54) is 5.56 Å². The first-order valence-corrected chi connectivity index (χ1v) is 6.63. The molecule has 0 saturated carbocycles. The zero-order valence-electron chi connectivity index (χ0n) is 10.4. The summed E-state index contributed by atoms with van der Waals surface area (Å²) >= 11 is 1.75. The van der Waals surface area contributed by atoms with Crippen LogP contribution in [0.15, 0.2) is 35.5 Å². The van der Waals surface area contributed by atoms with Gasteiger partial charge in [-0.2, -0.15) is 0 Å². The summed E-state index contributed by atoms with van der Waals surface area (Å²) in [5.41, 5.74) is 1.27. The summed E-state index contributed by atoms with van der Waals surface area (Å²) < 4.78 is 2.08. The lowest BCUT2D eigenvalue weighted by atomic mass is 10.1. The lowest BCUT2D eigenvalue weighted by Gasteiger charge is -2.05. The van der Waals surface area contributed by atoms with Gasteiger partial charge in [-0.3, -0.25) is 0 Å². The maximum absolute atomic E-state index is 4.26. The van der Waals surface area contributed by atoms with Gasteiger partial charge in [0.15, 0.2) is 5.16 Å². The number of hydrogen-bond donors (Lipinski definition) is 0. The van der Waals surface area contributed by atoms with E-state index in [1.807, 2.05) is 13.1 Å². The van der Waals surface area contributed by atoms with E-state index in [4.69, 9.17) is 0 Å². The average Bonchev–Trinajstić information content (AvgIpc) is 2.62. The number of rotatable bonds is 4. The molecule has 0 aliphatic rings. The smallest absolute Gasteiger partial charge is 0.191 e. The summed E-state index contributed by atoms with van der Waals surface area (Å²) in [6, 6.07) is 10.4. The molecule has 0 unspecified atom stereocenters. The summed E-state index contributed by atoms with van der Waals surface area (Å²) in [4.78, 5) is 0. The van der Waals surface area contributed by atoms with Crippen LogP contribution in [0.5, 0.6) is 0 Å². The number of nitrogens with zero attached hydrogens (tertiary/aromatic N) is 3. The van der Waals surface area contributed by atoms with Gasteiger partial charge < -0.3 is 4.57 Å². The zero-order chi connectivity index (χ0) is 12.3. The second-order valence-electron chi connectivity index (χ2n) is 4.29. The first kappa shape index (κ1) is 12.2. The van der Waals surface area contributed by atoms with Crippen LogP contribution in [0.3, 0.4) is 0 Å². The highest BCUT2D eigenvalue weighted by atomic mass is 32.2. The van der Waals surface area contributed by atoms with Crippen LogP contribution in [-0.2, 0) is 13.5 Å². The van der Waals surface area contributed by atoms with Gasteiger partial charge in [0.25, 0.3) is 0 Å². The molecule has 0 saturated heterocycles. The van der Waals surface area contributed by atoms with Crippen LogP contribution in [0.4, 0.5) is 0 Å². The van der Waals surface area contributed by atoms with E-state index in [-0.39, 0.29) is 0 Å². The monoisotopic (exact) mass is 247 g/mol. The van der Waals surface area contributed by atoms with Crippen molar-refractivity contribution in [2.24, 2.45) is 7.05 Å². The Morgan fingerprint density at radius 2 is 1.88 bits per heavy atom. The number of benzene rings is 1. The van der Waals surface area contributed by atoms with Crippen molar-refractivity contribution in [3.8, 4) is 0 Å². The van der Waals surface area contributed by atoms with Gasteiger partial charge in [-0.15, -0.1) is 10.2 Å². The van der Waals surface area contributed by atoms with Crippen molar-refractivity contribution in [3.63, 3.8) is 0 Å². The number of hydrogen-bond acceptors (Lipinski definition) is 3. The molecule has 2 rings (SSSR count). The second-order valence-corrected chi connectivity index (χ2v) is 5.83. The van der Waals surface area contributed by atoms with Crippen LogP contribution < -0.4 is 0 Å². The van der Waals surface area contributed by atoms with Gasteiger partial charge in [-0.1, -0.05) is 55.9 Å². The molecule has 1 heterocycles. The van der Waals surface area contributed by atoms with Crippen LogP contribution in [-0.4, -0.2) is 20.0 Å². The Hall–Kier alpha value is -1.29. The van der Waals surface area contributed by atoms with Gasteiger partial charge in [0.1, 0.15) is 5.82 Å². The Morgan fingerprint density at radius 1 is 1.18 bits per heavy atom. The Kier molecular flexibility index (Phi) is 3.84. The fourth-order valence-corrected chi connectivity index (χ4v) is 2.36. The zero-order valence-corrected chi connectivity index (χ0v) is 11.2. The molecule has 0 aliphatic heterocycles. The maximum Gasteiger partial charge on any atom is 0.191 e. The van der Waals surface area contributed by atoms with Crippen LogP contribution in [0, 0.1) is 0 Å². The predicted octanol–water partition coefficient (Wildman–Crippen LogP) is 2.91. The van der Waals surface area contributed by atoms with Gasteiger partial charge in [0, 0.05) is 18.7 Å². The van der Waals surface area contributed by atoms with E-state index in [9.17, 15) is 0 Å². The minimum Gasteiger partial charge on any atom is -0.309 e. The van der Waals surface area contributed by atoms with E-state index in [0.717, 1.165) is 17.4 Å². The Bertz CT molecular complexity index is 477. The van der Waals surface area contributed by atoms with E-state index in [1.54, 1.807) is 11.8 Å². The van der Waals surface area contributed by atoms with Crippen molar-refractivity contribution in [2.75, 3.05) is 0 Å². The molecule has 2 aromatic rings. The summed E-state index contributed by atoms with van der Waals surface area (Å²) in [5.74, 6) is 1.01. The summed E-state index contributed by atoms with van der Waals surface area (Å²) in [6.45, 7) is 4.33. The minimum absolute atomic E-state index is 0.530. The topological polar surface area (TPSA) is 30.7 Å². The summed E-state index contributed by atoms with van der Waals surface area (Å²) in [5, 5.41) is 10.0. The lowest BCUT2D eigenvalue weighted by Crippen LogP contribution is -2.01. The van der Waals surface area contributed by atoms with Gasteiger partial charge in [-0.05, 0) is 5.56 Å². The first-order valence-electron chi connectivity index (χ1n) is 5.75. The van der Waals surface area contributed by atoms with Crippen LogP contribution >= 0.6 is 11.8 Å². The molecule has 0 N–H and O–H groups in total. The van der Waals surface area contributed by atoms with Crippen molar-refractivity contribution in [1.82, 2.24) is 14.8 Å².